The SMILES string of the molecule is Cc1ccc(C(=O)N2CCCC(c3nccn3CCN(C)C)C2)c(=O)[nH]1. The number of carbonyl (C=O) groups excluding carboxylic acids is 1. The molecule has 7 heteroatoms. The first-order valence-corrected chi connectivity index (χ1v) is 9.10. The Bertz CT molecular complexity index is 823. The molecule has 1 amide bonds. The monoisotopic (exact) mass is 357 g/mol. The Balaban J connectivity index is 1.74. The molecule has 1 N–H and O–H groups in total. The highest BCUT2D eigenvalue weighted by Crippen LogP contribution is 2.26. The molecule has 0 aliphatic carbocycles. The predicted molar refractivity (Wildman–Crippen MR) is 100 cm³/mol. The number of hydrogen-bond acceptors (Lipinski definition) is 4. The highest BCUT2D eigenvalue weighted by molar-refractivity contribution is 5.93. The Morgan fingerprint density at radius 2 is 2.19 bits per heavy atom. The average Bonchev–Trinajstić information content (AvgIpc) is 3.08. The van der Waals surface area contributed by atoms with Gasteiger partial charge in [0.15, 0.2) is 0 Å². The fraction of sp³-hybridized carbons (Fsp3) is 0.526. The van der Waals surface area contributed by atoms with Crippen molar-refractivity contribution in [3.05, 3.63) is 52.0 Å². The van der Waals surface area contributed by atoms with Crippen molar-refractivity contribution in [2.75, 3.05) is 33.7 Å². The van der Waals surface area contributed by atoms with Crippen LogP contribution in [0.15, 0.2) is 29.3 Å². The number of likely N-dealkylation sites (tertiary alicyclic amines) is 1. The Morgan fingerprint density at radius 1 is 1.38 bits per heavy atom. The Morgan fingerprint density at radius 3 is 2.92 bits per heavy atom. The summed E-state index contributed by atoms with van der Waals surface area (Å²) in [5.41, 5.74) is 0.655. The molecule has 1 atom stereocenters. The van der Waals surface area contributed by atoms with Gasteiger partial charge in [-0.2, -0.15) is 0 Å². The van der Waals surface area contributed by atoms with Gasteiger partial charge in [0.1, 0.15) is 11.4 Å². The second kappa shape index (κ2) is 7.86. The molecule has 3 rings (SSSR count). The minimum atomic E-state index is -0.315. The van der Waals surface area contributed by atoms with Crippen LogP contribution < -0.4 is 5.56 Å². The molecule has 0 aromatic carbocycles. The van der Waals surface area contributed by atoms with Crippen molar-refractivity contribution in [3.8, 4) is 0 Å². The van der Waals surface area contributed by atoms with E-state index in [9.17, 15) is 9.59 Å². The summed E-state index contributed by atoms with van der Waals surface area (Å²) in [4.78, 5) is 36.1. The number of imidazole rings is 1. The van der Waals surface area contributed by atoms with E-state index in [1.807, 2.05) is 12.4 Å². The number of nitrogens with one attached hydrogen (secondary N) is 1. The maximum Gasteiger partial charge on any atom is 0.260 e. The normalized spacial score (nSPS) is 17.7. The van der Waals surface area contributed by atoms with E-state index in [0.29, 0.717) is 13.1 Å². The lowest BCUT2D eigenvalue weighted by molar-refractivity contribution is 0.0701. The first-order valence-electron chi connectivity index (χ1n) is 9.10. The first-order chi connectivity index (χ1) is 12.5. The maximum atomic E-state index is 12.8. The van der Waals surface area contributed by atoms with Crippen LogP contribution in [0.4, 0.5) is 0 Å². The Hall–Kier alpha value is -2.41. The van der Waals surface area contributed by atoms with Crippen LogP contribution in [0.3, 0.4) is 0 Å². The molecule has 1 aliphatic rings. The lowest BCUT2D eigenvalue weighted by Gasteiger charge is -2.32. The van der Waals surface area contributed by atoms with E-state index in [4.69, 9.17) is 0 Å². The molecule has 0 bridgehead atoms. The number of piperidine rings is 1. The number of nitrogens with zero attached hydrogens (tertiary/aromatic N) is 4. The van der Waals surface area contributed by atoms with Gasteiger partial charge < -0.3 is 19.4 Å². The Kier molecular flexibility index (Phi) is 5.56. The molecule has 0 saturated carbocycles. The van der Waals surface area contributed by atoms with Crippen molar-refractivity contribution >= 4 is 5.91 Å². The third kappa shape index (κ3) is 4.04. The molecule has 2 aromatic heterocycles. The molecule has 140 valence electrons. The van der Waals surface area contributed by atoms with Crippen molar-refractivity contribution in [1.29, 1.82) is 0 Å². The molecule has 1 fully saturated rings. The number of pyridine rings is 1. The number of carbonyl (C=O) groups is 1. The zero-order valence-corrected chi connectivity index (χ0v) is 15.7. The lowest BCUT2D eigenvalue weighted by Crippen LogP contribution is -2.41. The average molecular weight is 357 g/mol. The molecule has 0 radical (unpaired) electrons. The first kappa shape index (κ1) is 18.4. The van der Waals surface area contributed by atoms with Crippen molar-refractivity contribution in [2.45, 2.75) is 32.2 Å². The number of H-pyrrole nitrogens is 1. The van der Waals surface area contributed by atoms with Crippen molar-refractivity contribution in [3.63, 3.8) is 0 Å². The van der Waals surface area contributed by atoms with Gasteiger partial charge in [-0.3, -0.25) is 9.59 Å². The van der Waals surface area contributed by atoms with Gasteiger partial charge >= 0.3 is 0 Å². The third-order valence-corrected chi connectivity index (χ3v) is 4.90. The largest absolute Gasteiger partial charge is 0.338 e. The highest BCUT2D eigenvalue weighted by Gasteiger charge is 2.29. The van der Waals surface area contributed by atoms with E-state index in [2.05, 4.69) is 33.5 Å². The van der Waals surface area contributed by atoms with Crippen LogP contribution in [0.2, 0.25) is 0 Å². The molecular formula is C19H27N5O2. The van der Waals surface area contributed by atoms with Gasteiger partial charge in [-0.05, 0) is 46.0 Å². The second-order valence-corrected chi connectivity index (χ2v) is 7.26. The Labute approximate surface area is 153 Å². The van der Waals surface area contributed by atoms with E-state index in [1.165, 1.54) is 0 Å². The number of aromatic amines is 1. The van der Waals surface area contributed by atoms with Crippen LogP contribution >= 0.6 is 0 Å². The smallest absolute Gasteiger partial charge is 0.260 e. The van der Waals surface area contributed by atoms with Crippen molar-refractivity contribution < 1.29 is 4.79 Å². The van der Waals surface area contributed by atoms with Gasteiger partial charge in [0.2, 0.25) is 0 Å². The molecule has 0 spiro atoms. The molecule has 26 heavy (non-hydrogen) atoms. The zero-order chi connectivity index (χ0) is 18.7. The minimum absolute atomic E-state index is 0.192. The van der Waals surface area contributed by atoms with E-state index in [-0.39, 0.29) is 22.9 Å². The van der Waals surface area contributed by atoms with Crippen LogP contribution in [0.25, 0.3) is 0 Å². The number of likely N-dealkylation sites (N-methyl/N-ethyl adjacent to an activating group) is 1. The van der Waals surface area contributed by atoms with Gasteiger partial charge in [-0.1, -0.05) is 0 Å². The van der Waals surface area contributed by atoms with E-state index in [1.54, 1.807) is 24.0 Å². The fourth-order valence-electron chi connectivity index (χ4n) is 3.46. The lowest BCUT2D eigenvalue weighted by atomic mass is 9.96. The highest BCUT2D eigenvalue weighted by atomic mass is 16.2. The predicted octanol–water partition coefficient (Wildman–Crippen LogP) is 1.46. The van der Waals surface area contributed by atoms with Gasteiger partial charge in [0.25, 0.3) is 11.5 Å². The topological polar surface area (TPSA) is 74.2 Å². The summed E-state index contributed by atoms with van der Waals surface area (Å²) in [5, 5.41) is 0. The maximum absolute atomic E-state index is 12.8. The number of amides is 1. The van der Waals surface area contributed by atoms with Crippen LogP contribution in [0, 0.1) is 6.92 Å². The molecule has 1 aliphatic heterocycles. The van der Waals surface area contributed by atoms with Gasteiger partial charge in [-0.15, -0.1) is 0 Å². The standard InChI is InChI=1S/C19H27N5O2/c1-14-6-7-16(18(25)21-14)19(26)24-9-4-5-15(13-24)17-20-8-10-23(17)12-11-22(2)3/h6-8,10,15H,4-5,9,11-13H2,1-3H3,(H,21,25). The van der Waals surface area contributed by atoms with E-state index in [0.717, 1.165) is 37.4 Å². The molecule has 1 saturated heterocycles. The summed E-state index contributed by atoms with van der Waals surface area (Å²) in [7, 11) is 4.10. The molecule has 7 nitrogen and oxygen atoms in total. The van der Waals surface area contributed by atoms with Crippen LogP contribution in [0.1, 0.15) is 40.6 Å². The van der Waals surface area contributed by atoms with Crippen LogP contribution in [-0.2, 0) is 6.54 Å². The van der Waals surface area contributed by atoms with E-state index >= 15 is 0 Å². The van der Waals surface area contributed by atoms with Crippen LogP contribution in [-0.4, -0.2) is 64.0 Å². The van der Waals surface area contributed by atoms with Gasteiger partial charge in [0.05, 0.1) is 0 Å². The molecular weight excluding hydrogens is 330 g/mol. The molecule has 3 heterocycles. The van der Waals surface area contributed by atoms with Crippen molar-refractivity contribution in [1.82, 2.24) is 24.3 Å². The number of aromatic nitrogens is 3. The zero-order valence-electron chi connectivity index (χ0n) is 15.7. The number of rotatable bonds is 5. The van der Waals surface area contributed by atoms with E-state index < -0.39 is 0 Å². The summed E-state index contributed by atoms with van der Waals surface area (Å²) >= 11 is 0. The summed E-state index contributed by atoms with van der Waals surface area (Å²) in [6.07, 6.45) is 5.76. The summed E-state index contributed by atoms with van der Waals surface area (Å²) in [6.45, 7) is 4.91. The minimum Gasteiger partial charge on any atom is -0.338 e. The van der Waals surface area contributed by atoms with Crippen LogP contribution in [0.5, 0.6) is 0 Å². The molecule has 2 aromatic rings. The summed E-state index contributed by atoms with van der Waals surface area (Å²) in [6, 6.07) is 3.39. The molecule has 1 unspecified atom stereocenters. The summed E-state index contributed by atoms with van der Waals surface area (Å²) < 4.78 is 2.18. The fourth-order valence-corrected chi connectivity index (χ4v) is 3.46. The number of aryl methyl sites for hydroxylation is 1. The number of hydrogen-bond donors (Lipinski definition) is 1. The second-order valence-electron chi connectivity index (χ2n) is 7.26. The third-order valence-electron chi connectivity index (χ3n) is 4.90. The van der Waals surface area contributed by atoms with Gasteiger partial charge in [0, 0.05) is 50.2 Å². The quantitative estimate of drug-likeness (QED) is 0.879. The van der Waals surface area contributed by atoms with Crippen molar-refractivity contribution in [2.24, 2.45) is 0 Å². The summed E-state index contributed by atoms with van der Waals surface area (Å²) in [5.74, 6) is 1.04. The van der Waals surface area contributed by atoms with Gasteiger partial charge in [-0.25, -0.2) is 4.98 Å².